The van der Waals surface area contributed by atoms with E-state index in [1.54, 1.807) is 17.1 Å². The minimum absolute atomic E-state index is 0.268. The number of nitrogens with zero attached hydrogens (tertiary/aromatic N) is 4. The van der Waals surface area contributed by atoms with E-state index in [0.717, 1.165) is 11.1 Å². The summed E-state index contributed by atoms with van der Waals surface area (Å²) in [4.78, 5) is 26.8. The largest absolute Gasteiger partial charge is 0.271 e. The van der Waals surface area contributed by atoms with Crippen LogP contribution in [0, 0.1) is 13.8 Å². The summed E-state index contributed by atoms with van der Waals surface area (Å²) in [6.45, 7) is 4.43. The first kappa shape index (κ1) is 15.5. The second-order valence-corrected chi connectivity index (χ2v) is 6.53. The van der Waals surface area contributed by atoms with Crippen LogP contribution in [0.15, 0.2) is 58.9 Å². The highest BCUT2D eigenvalue weighted by atomic mass is 16.2. The van der Waals surface area contributed by atoms with Gasteiger partial charge in [0.15, 0.2) is 12.1 Å². The molecule has 0 aliphatic carbocycles. The molecular formula is C19H18N4O2. The zero-order valence-electron chi connectivity index (χ0n) is 14.1. The molecule has 0 N–H and O–H groups in total. The smallest absolute Gasteiger partial charge is 0.263 e. The highest BCUT2D eigenvalue weighted by molar-refractivity contribution is 6.25. The second-order valence-electron chi connectivity index (χ2n) is 6.53. The maximum atomic E-state index is 12.9. The molecule has 4 rings (SSSR count). The zero-order chi connectivity index (χ0) is 17.6. The minimum Gasteiger partial charge on any atom is -0.271 e. The number of benzene rings is 2. The van der Waals surface area contributed by atoms with Crippen LogP contribution in [0.5, 0.6) is 0 Å². The highest BCUT2D eigenvalue weighted by Gasteiger charge is 2.54. The molecule has 0 bridgehead atoms. The Hall–Kier alpha value is -3.02. The second kappa shape index (κ2) is 5.81. The lowest BCUT2D eigenvalue weighted by atomic mass is 10.1. The topological polar surface area (TPSA) is 65.3 Å². The predicted octanol–water partition coefficient (Wildman–Crippen LogP) is 2.80. The van der Waals surface area contributed by atoms with Crippen molar-refractivity contribution in [3.05, 3.63) is 65.2 Å². The summed E-state index contributed by atoms with van der Waals surface area (Å²) in [5.74, 6) is -0.579. The van der Waals surface area contributed by atoms with Gasteiger partial charge >= 0.3 is 0 Å². The van der Waals surface area contributed by atoms with Gasteiger partial charge in [-0.15, -0.1) is 0 Å². The summed E-state index contributed by atoms with van der Waals surface area (Å²) in [6, 6.07) is 14.0. The van der Waals surface area contributed by atoms with Crippen molar-refractivity contribution >= 4 is 17.5 Å². The van der Waals surface area contributed by atoms with Gasteiger partial charge in [0.05, 0.1) is 12.2 Å². The SMILES string of the molecule is Cc1ccc(CN2N=N[C@H]3C(=O)N(c4ccc(C)cc4)C(=O)[C@@H]32)cc1. The Morgan fingerprint density at radius 3 is 2.12 bits per heavy atom. The third-order valence-electron chi connectivity index (χ3n) is 4.62. The van der Waals surface area contributed by atoms with Gasteiger partial charge in [-0.2, -0.15) is 5.11 Å². The van der Waals surface area contributed by atoms with E-state index < -0.39 is 12.1 Å². The summed E-state index contributed by atoms with van der Waals surface area (Å²) >= 11 is 0. The first-order valence-corrected chi connectivity index (χ1v) is 8.22. The summed E-state index contributed by atoms with van der Waals surface area (Å²) in [7, 11) is 0. The Kier molecular flexibility index (Phi) is 3.60. The van der Waals surface area contributed by atoms with Crippen LogP contribution in [0.1, 0.15) is 16.7 Å². The minimum atomic E-state index is -0.751. The van der Waals surface area contributed by atoms with Gasteiger partial charge in [-0.3, -0.25) is 14.6 Å². The van der Waals surface area contributed by atoms with E-state index in [1.807, 2.05) is 50.2 Å². The molecule has 1 fully saturated rings. The molecule has 2 aliphatic rings. The van der Waals surface area contributed by atoms with Gasteiger partial charge in [0.25, 0.3) is 11.8 Å². The predicted molar refractivity (Wildman–Crippen MR) is 92.8 cm³/mol. The molecule has 0 aromatic heterocycles. The van der Waals surface area contributed by atoms with Crippen molar-refractivity contribution in [3.63, 3.8) is 0 Å². The van der Waals surface area contributed by atoms with Crippen LogP contribution in [0.2, 0.25) is 0 Å². The zero-order valence-corrected chi connectivity index (χ0v) is 14.1. The van der Waals surface area contributed by atoms with Gasteiger partial charge in [-0.1, -0.05) is 52.7 Å². The molecule has 0 unspecified atom stereocenters. The molecule has 2 aromatic rings. The number of amides is 2. The molecule has 2 heterocycles. The monoisotopic (exact) mass is 334 g/mol. The third kappa shape index (κ3) is 2.59. The number of hydrogen-bond acceptors (Lipinski definition) is 5. The van der Waals surface area contributed by atoms with Crippen LogP contribution in [0.3, 0.4) is 0 Å². The summed E-state index contributed by atoms with van der Waals surface area (Å²) < 4.78 is 0. The summed E-state index contributed by atoms with van der Waals surface area (Å²) in [5, 5.41) is 9.74. The molecule has 2 aromatic carbocycles. The molecule has 25 heavy (non-hydrogen) atoms. The van der Waals surface area contributed by atoms with Crippen LogP contribution >= 0.6 is 0 Å². The van der Waals surface area contributed by atoms with Gasteiger partial charge < -0.3 is 0 Å². The summed E-state index contributed by atoms with van der Waals surface area (Å²) in [6.07, 6.45) is 0. The number of fused-ring (bicyclic) bond motifs is 1. The van der Waals surface area contributed by atoms with Gasteiger partial charge in [0, 0.05) is 0 Å². The average Bonchev–Trinajstić information content (AvgIpc) is 3.12. The van der Waals surface area contributed by atoms with E-state index in [2.05, 4.69) is 10.3 Å². The van der Waals surface area contributed by atoms with E-state index in [-0.39, 0.29) is 11.8 Å². The van der Waals surface area contributed by atoms with E-state index in [9.17, 15) is 9.59 Å². The number of imide groups is 1. The molecular weight excluding hydrogens is 316 g/mol. The Labute approximate surface area is 145 Å². The first-order chi connectivity index (χ1) is 12.0. The molecule has 0 saturated carbocycles. The first-order valence-electron chi connectivity index (χ1n) is 8.22. The standard InChI is InChI=1S/C19H18N4O2/c1-12-3-7-14(8-4-12)11-22-17-16(20-21-22)18(24)23(19(17)25)15-9-5-13(2)6-10-15/h3-10,16-17H,11H2,1-2H3/t16-,17-/m1/s1. The van der Waals surface area contributed by atoms with Crippen molar-refractivity contribution in [1.29, 1.82) is 0 Å². The maximum absolute atomic E-state index is 12.9. The Balaban J connectivity index is 1.59. The normalized spacial score (nSPS) is 22.0. The highest BCUT2D eigenvalue weighted by Crippen LogP contribution is 2.32. The molecule has 126 valence electrons. The molecule has 1 saturated heterocycles. The summed E-state index contributed by atoms with van der Waals surface area (Å²) in [5.41, 5.74) is 3.85. The van der Waals surface area contributed by atoms with Crippen molar-refractivity contribution in [1.82, 2.24) is 5.01 Å². The lowest BCUT2D eigenvalue weighted by Crippen LogP contribution is -2.39. The van der Waals surface area contributed by atoms with Crippen LogP contribution in [-0.4, -0.2) is 28.9 Å². The third-order valence-corrected chi connectivity index (χ3v) is 4.62. The molecule has 2 amide bonds. The van der Waals surface area contributed by atoms with Gasteiger partial charge in [-0.25, -0.2) is 4.90 Å². The van der Waals surface area contributed by atoms with Crippen LogP contribution in [0.4, 0.5) is 5.69 Å². The lowest BCUT2D eigenvalue weighted by molar-refractivity contribution is -0.123. The van der Waals surface area contributed by atoms with Gasteiger partial charge in [0.2, 0.25) is 0 Å². The van der Waals surface area contributed by atoms with Crippen molar-refractivity contribution < 1.29 is 9.59 Å². The van der Waals surface area contributed by atoms with Gasteiger partial charge in [0.1, 0.15) is 0 Å². The van der Waals surface area contributed by atoms with Crippen molar-refractivity contribution in [2.24, 2.45) is 10.3 Å². The van der Waals surface area contributed by atoms with Crippen LogP contribution in [-0.2, 0) is 16.1 Å². The van der Waals surface area contributed by atoms with Crippen molar-refractivity contribution in [3.8, 4) is 0 Å². The van der Waals surface area contributed by atoms with E-state index >= 15 is 0 Å². The Bertz CT molecular complexity index is 858. The number of aryl methyl sites for hydroxylation is 2. The average molecular weight is 334 g/mol. The molecule has 2 atom stereocenters. The van der Waals surface area contributed by atoms with Crippen LogP contribution in [0.25, 0.3) is 0 Å². The molecule has 0 spiro atoms. The Morgan fingerprint density at radius 1 is 0.880 bits per heavy atom. The maximum Gasteiger partial charge on any atom is 0.263 e. The number of rotatable bonds is 3. The number of carbonyl (C=O) groups excluding carboxylic acids is 2. The number of hydrogen-bond donors (Lipinski definition) is 0. The van der Waals surface area contributed by atoms with Crippen molar-refractivity contribution in [2.45, 2.75) is 32.5 Å². The Morgan fingerprint density at radius 2 is 1.48 bits per heavy atom. The fraction of sp³-hybridized carbons (Fsp3) is 0.263. The van der Waals surface area contributed by atoms with E-state index in [4.69, 9.17) is 0 Å². The fourth-order valence-corrected chi connectivity index (χ4v) is 3.18. The van der Waals surface area contributed by atoms with Crippen LogP contribution < -0.4 is 4.90 Å². The van der Waals surface area contributed by atoms with E-state index in [1.165, 1.54) is 10.5 Å². The van der Waals surface area contributed by atoms with E-state index in [0.29, 0.717) is 12.2 Å². The van der Waals surface area contributed by atoms with Gasteiger partial charge in [-0.05, 0) is 31.5 Å². The molecule has 0 radical (unpaired) electrons. The molecule has 6 nitrogen and oxygen atoms in total. The molecule has 2 aliphatic heterocycles. The number of carbonyl (C=O) groups is 2. The molecule has 6 heteroatoms. The van der Waals surface area contributed by atoms with Crippen molar-refractivity contribution in [2.75, 3.05) is 4.90 Å². The lowest BCUT2D eigenvalue weighted by Gasteiger charge is -2.20. The fourth-order valence-electron chi connectivity index (χ4n) is 3.18. The quantitative estimate of drug-likeness (QED) is 0.811. The number of anilines is 1.